The summed E-state index contributed by atoms with van der Waals surface area (Å²) in [5.41, 5.74) is 3.03. The van der Waals surface area contributed by atoms with E-state index in [0.29, 0.717) is 30.3 Å². The maximum Gasteiger partial charge on any atom is 0.260 e. The summed E-state index contributed by atoms with van der Waals surface area (Å²) in [5, 5.41) is 4.30. The zero-order valence-electron chi connectivity index (χ0n) is 17.5. The molecular formula is C21H23Cl2N3O5S. The summed E-state index contributed by atoms with van der Waals surface area (Å²) in [7, 11) is -3.81. The average Bonchev–Trinajstić information content (AvgIpc) is 2.73. The van der Waals surface area contributed by atoms with Gasteiger partial charge >= 0.3 is 0 Å². The normalized spacial score (nSPS) is 11.2. The number of sulfonamides is 1. The number of nitrogens with zero attached hydrogens (tertiary/aromatic N) is 2. The highest BCUT2D eigenvalue weighted by atomic mass is 35.5. The first-order valence-corrected chi connectivity index (χ1v) is 12.0. The van der Waals surface area contributed by atoms with Crippen molar-refractivity contribution in [2.75, 3.05) is 30.3 Å². The van der Waals surface area contributed by atoms with Crippen LogP contribution in [0.2, 0.25) is 10.0 Å². The van der Waals surface area contributed by atoms with E-state index in [-0.39, 0.29) is 15.7 Å². The van der Waals surface area contributed by atoms with Gasteiger partial charge in [0, 0.05) is 5.02 Å². The number of ether oxygens (including phenoxy) is 2. The molecule has 11 heteroatoms. The Hall–Kier alpha value is -2.75. The van der Waals surface area contributed by atoms with Crippen molar-refractivity contribution < 1.29 is 22.7 Å². The molecule has 0 radical (unpaired) electrons. The summed E-state index contributed by atoms with van der Waals surface area (Å²) in [6, 6.07) is 9.47. The lowest BCUT2D eigenvalue weighted by Gasteiger charge is -2.22. The van der Waals surface area contributed by atoms with Crippen molar-refractivity contribution in [3.63, 3.8) is 0 Å². The quantitative estimate of drug-likeness (QED) is 0.287. The van der Waals surface area contributed by atoms with E-state index >= 15 is 0 Å². The second-order valence-corrected chi connectivity index (χ2v) is 9.15. The Bertz CT molecular complexity index is 1110. The van der Waals surface area contributed by atoms with Crippen LogP contribution in [-0.2, 0) is 14.8 Å². The Morgan fingerprint density at radius 3 is 2.59 bits per heavy atom. The lowest BCUT2D eigenvalue weighted by molar-refractivity contribution is -0.119. The molecule has 2 aromatic carbocycles. The van der Waals surface area contributed by atoms with Crippen LogP contribution in [0.4, 0.5) is 5.69 Å². The highest BCUT2D eigenvalue weighted by molar-refractivity contribution is 7.92. The van der Waals surface area contributed by atoms with Crippen molar-refractivity contribution in [2.24, 2.45) is 5.10 Å². The number of benzene rings is 2. The first-order chi connectivity index (χ1) is 15.2. The fraction of sp³-hybridized carbons (Fsp3) is 0.238. The Balaban J connectivity index is 2.12. The number of rotatable bonds is 11. The first-order valence-electron chi connectivity index (χ1n) is 9.41. The van der Waals surface area contributed by atoms with Gasteiger partial charge in [0.2, 0.25) is 10.0 Å². The van der Waals surface area contributed by atoms with Crippen LogP contribution in [0.5, 0.6) is 11.5 Å². The molecule has 0 aromatic heterocycles. The molecule has 0 aliphatic heterocycles. The fourth-order valence-electron chi connectivity index (χ4n) is 2.54. The van der Waals surface area contributed by atoms with Crippen LogP contribution in [0.25, 0.3) is 0 Å². The number of halogens is 2. The zero-order valence-corrected chi connectivity index (χ0v) is 19.9. The smallest absolute Gasteiger partial charge is 0.260 e. The number of carbonyl (C=O) groups excluding carboxylic acids is 1. The number of hydrogen-bond acceptors (Lipinski definition) is 6. The Morgan fingerprint density at radius 2 is 1.94 bits per heavy atom. The number of hydrogen-bond donors (Lipinski definition) is 1. The number of nitrogens with one attached hydrogen (secondary N) is 1. The van der Waals surface area contributed by atoms with Crippen molar-refractivity contribution in [1.82, 2.24) is 5.43 Å². The lowest BCUT2D eigenvalue weighted by atomic mass is 10.2. The van der Waals surface area contributed by atoms with Gasteiger partial charge in [-0.15, -0.1) is 0 Å². The summed E-state index contributed by atoms with van der Waals surface area (Å²) >= 11 is 12.0. The Labute approximate surface area is 197 Å². The standard InChI is InChI=1S/C21H23Cl2N3O5S/c1-4-10-31-19-9-6-15(11-20(19)30-5-2)13-24-25-21(27)14-26(32(3,28)29)18-12-16(22)7-8-17(18)23/h4,6-9,11-13H,1,5,10,14H2,2-3H3,(H,25,27)/b24-13-. The predicted octanol–water partition coefficient (Wildman–Crippen LogP) is 3.87. The van der Waals surface area contributed by atoms with Gasteiger partial charge in [-0.1, -0.05) is 35.9 Å². The van der Waals surface area contributed by atoms with Gasteiger partial charge in [-0.05, 0) is 48.9 Å². The van der Waals surface area contributed by atoms with Crippen molar-refractivity contribution in [2.45, 2.75) is 6.92 Å². The molecule has 2 aromatic rings. The minimum absolute atomic E-state index is 0.0947. The number of carbonyl (C=O) groups is 1. The summed E-state index contributed by atoms with van der Waals surface area (Å²) < 4.78 is 36.4. The predicted molar refractivity (Wildman–Crippen MR) is 128 cm³/mol. The van der Waals surface area contributed by atoms with E-state index in [2.05, 4.69) is 17.1 Å². The molecule has 0 saturated heterocycles. The molecule has 32 heavy (non-hydrogen) atoms. The SMILES string of the molecule is C=CCOc1ccc(/C=N\NC(=O)CN(c2cc(Cl)ccc2Cl)S(C)(=O)=O)cc1OCC. The summed E-state index contributed by atoms with van der Waals surface area (Å²) in [6.45, 7) is 5.69. The van der Waals surface area contributed by atoms with Crippen LogP contribution in [0.1, 0.15) is 12.5 Å². The molecule has 0 saturated carbocycles. The number of anilines is 1. The van der Waals surface area contributed by atoms with Crippen LogP contribution in [0, 0.1) is 0 Å². The van der Waals surface area contributed by atoms with Gasteiger partial charge in [0.05, 0.1) is 29.8 Å². The molecule has 0 unspecified atom stereocenters. The van der Waals surface area contributed by atoms with Gasteiger partial charge < -0.3 is 9.47 Å². The second kappa shape index (κ2) is 11.8. The minimum Gasteiger partial charge on any atom is -0.490 e. The van der Waals surface area contributed by atoms with E-state index in [1.807, 2.05) is 6.92 Å². The molecule has 0 heterocycles. The van der Waals surface area contributed by atoms with E-state index in [1.165, 1.54) is 24.4 Å². The molecule has 172 valence electrons. The van der Waals surface area contributed by atoms with Gasteiger partial charge in [-0.25, -0.2) is 13.8 Å². The number of amides is 1. The van der Waals surface area contributed by atoms with Gasteiger partial charge in [0.25, 0.3) is 5.91 Å². The van der Waals surface area contributed by atoms with E-state index < -0.39 is 22.5 Å². The summed E-state index contributed by atoms with van der Waals surface area (Å²) in [6.07, 6.45) is 3.98. The first kappa shape index (κ1) is 25.5. The van der Waals surface area contributed by atoms with Crippen LogP contribution in [0.15, 0.2) is 54.2 Å². The lowest BCUT2D eigenvalue weighted by Crippen LogP contribution is -2.39. The summed E-state index contributed by atoms with van der Waals surface area (Å²) in [4.78, 5) is 12.3. The van der Waals surface area contributed by atoms with Crippen molar-refractivity contribution in [3.05, 3.63) is 64.7 Å². The molecule has 8 nitrogen and oxygen atoms in total. The maximum atomic E-state index is 12.3. The molecule has 0 atom stereocenters. The van der Waals surface area contributed by atoms with Crippen molar-refractivity contribution in [3.8, 4) is 11.5 Å². The van der Waals surface area contributed by atoms with Crippen LogP contribution in [0.3, 0.4) is 0 Å². The van der Waals surface area contributed by atoms with Gasteiger partial charge in [-0.3, -0.25) is 9.10 Å². The minimum atomic E-state index is -3.81. The largest absolute Gasteiger partial charge is 0.490 e. The third kappa shape index (κ3) is 7.44. The highest BCUT2D eigenvalue weighted by Gasteiger charge is 2.23. The van der Waals surface area contributed by atoms with Crippen LogP contribution >= 0.6 is 23.2 Å². The summed E-state index contributed by atoms with van der Waals surface area (Å²) in [5.74, 6) is 0.400. The topological polar surface area (TPSA) is 97.3 Å². The zero-order chi connectivity index (χ0) is 23.7. The van der Waals surface area contributed by atoms with E-state index in [4.69, 9.17) is 32.7 Å². The molecular weight excluding hydrogens is 477 g/mol. The van der Waals surface area contributed by atoms with E-state index in [9.17, 15) is 13.2 Å². The second-order valence-electron chi connectivity index (χ2n) is 6.40. The van der Waals surface area contributed by atoms with Crippen molar-refractivity contribution in [1.29, 1.82) is 0 Å². The molecule has 0 bridgehead atoms. The van der Waals surface area contributed by atoms with Crippen LogP contribution in [-0.4, -0.2) is 46.6 Å². The molecule has 0 aliphatic carbocycles. The monoisotopic (exact) mass is 499 g/mol. The van der Waals surface area contributed by atoms with Crippen LogP contribution < -0.4 is 19.2 Å². The number of hydrazone groups is 1. The van der Waals surface area contributed by atoms with Crippen molar-refractivity contribution >= 4 is 51.0 Å². The van der Waals surface area contributed by atoms with Gasteiger partial charge in [-0.2, -0.15) is 5.10 Å². The van der Waals surface area contributed by atoms with E-state index in [0.717, 1.165) is 10.6 Å². The maximum absolute atomic E-state index is 12.3. The van der Waals surface area contributed by atoms with E-state index in [1.54, 1.807) is 24.3 Å². The Morgan fingerprint density at radius 1 is 1.19 bits per heavy atom. The molecule has 2 rings (SSSR count). The molecule has 1 amide bonds. The van der Waals surface area contributed by atoms with Gasteiger partial charge in [0.1, 0.15) is 13.2 Å². The fourth-order valence-corrected chi connectivity index (χ4v) is 3.84. The van der Waals surface area contributed by atoms with Gasteiger partial charge in [0.15, 0.2) is 11.5 Å². The molecule has 1 N–H and O–H groups in total. The molecule has 0 spiro atoms. The average molecular weight is 500 g/mol. The highest BCUT2D eigenvalue weighted by Crippen LogP contribution is 2.30. The Kier molecular flexibility index (Phi) is 9.37. The third-order valence-corrected chi connectivity index (χ3v) is 5.57. The third-order valence-electron chi connectivity index (χ3n) is 3.89. The molecule has 0 aliphatic rings. The molecule has 0 fully saturated rings.